The fourth-order valence-corrected chi connectivity index (χ4v) is 2.43. The second kappa shape index (κ2) is 5.24. The van der Waals surface area contributed by atoms with Crippen LogP contribution in [0.4, 0.5) is 0 Å². The summed E-state index contributed by atoms with van der Waals surface area (Å²) in [5.74, 6) is -0.664. The zero-order valence-corrected chi connectivity index (χ0v) is 11.3. The Balaban J connectivity index is 2.34. The summed E-state index contributed by atoms with van der Waals surface area (Å²) < 4.78 is 4.80. The summed E-state index contributed by atoms with van der Waals surface area (Å²) in [4.78, 5) is 24.4. The third-order valence-corrected chi connectivity index (χ3v) is 3.57. The first-order valence-electron chi connectivity index (χ1n) is 5.59. The van der Waals surface area contributed by atoms with Gasteiger partial charge in [0.25, 0.3) is 0 Å². The van der Waals surface area contributed by atoms with E-state index in [0.29, 0.717) is 0 Å². The molecule has 2 heterocycles. The lowest BCUT2D eigenvalue weighted by molar-refractivity contribution is 0.104. The van der Waals surface area contributed by atoms with Crippen LogP contribution in [0.15, 0.2) is 32.8 Å². The lowest BCUT2D eigenvalue weighted by atomic mass is 10.1. The van der Waals surface area contributed by atoms with Crippen LogP contribution >= 0.6 is 11.3 Å². The number of hydrogen-bond donors (Lipinski definition) is 1. The van der Waals surface area contributed by atoms with E-state index in [2.05, 4.69) is 0 Å². The predicted octanol–water partition coefficient (Wildman–Crippen LogP) is 2.92. The Hall–Kier alpha value is -2.14. The van der Waals surface area contributed by atoms with Crippen molar-refractivity contribution in [3.05, 3.63) is 55.8 Å². The molecular formula is C14H12O4S. The van der Waals surface area contributed by atoms with Crippen molar-refractivity contribution in [2.24, 2.45) is 0 Å². The molecule has 5 heteroatoms. The number of aromatic hydroxyl groups is 1. The molecule has 2 aromatic rings. The molecule has 0 amide bonds. The molecule has 0 unspecified atom stereocenters. The van der Waals surface area contributed by atoms with Gasteiger partial charge < -0.3 is 9.52 Å². The highest BCUT2D eigenvalue weighted by Crippen LogP contribution is 2.19. The quantitative estimate of drug-likeness (QED) is 0.691. The minimum absolute atomic E-state index is 0.261. The molecule has 1 N–H and O–H groups in total. The molecule has 0 aliphatic rings. The van der Waals surface area contributed by atoms with Gasteiger partial charge in [-0.1, -0.05) is 0 Å². The third-order valence-electron chi connectivity index (χ3n) is 2.59. The lowest BCUT2D eigenvalue weighted by Crippen LogP contribution is -2.12. The summed E-state index contributed by atoms with van der Waals surface area (Å²) >= 11 is 1.49. The molecule has 2 rings (SSSR count). The number of hydrogen-bond acceptors (Lipinski definition) is 5. The average Bonchev–Trinajstić information content (AvgIpc) is 2.70. The van der Waals surface area contributed by atoms with Crippen LogP contribution in [0.25, 0.3) is 6.08 Å². The van der Waals surface area contributed by atoms with Gasteiger partial charge in [0.05, 0.1) is 0 Å². The Morgan fingerprint density at radius 2 is 2.16 bits per heavy atom. The highest BCUT2D eigenvalue weighted by molar-refractivity contribution is 7.11. The second-order valence-electron chi connectivity index (χ2n) is 4.07. The maximum atomic E-state index is 11.9. The molecule has 2 aromatic heterocycles. The first-order valence-corrected chi connectivity index (χ1v) is 6.47. The minimum atomic E-state index is -0.824. The van der Waals surface area contributed by atoms with Gasteiger partial charge in [-0.3, -0.25) is 4.79 Å². The Kier molecular flexibility index (Phi) is 3.66. The molecule has 0 aliphatic carbocycles. The van der Waals surface area contributed by atoms with Crippen LogP contribution in [0.1, 0.15) is 26.6 Å². The van der Waals surface area contributed by atoms with Crippen LogP contribution < -0.4 is 5.63 Å². The van der Waals surface area contributed by atoms with Gasteiger partial charge in [-0.05, 0) is 43.0 Å². The van der Waals surface area contributed by atoms with Crippen LogP contribution in [0.3, 0.4) is 0 Å². The topological polar surface area (TPSA) is 67.5 Å². The molecule has 0 bridgehead atoms. The van der Waals surface area contributed by atoms with E-state index in [0.717, 1.165) is 10.4 Å². The number of aryl methyl sites for hydroxylation is 2. The molecule has 0 fully saturated rings. The maximum absolute atomic E-state index is 11.9. The number of thiophene rings is 1. The van der Waals surface area contributed by atoms with E-state index in [1.807, 2.05) is 18.4 Å². The Morgan fingerprint density at radius 3 is 2.74 bits per heavy atom. The summed E-state index contributed by atoms with van der Waals surface area (Å²) in [6, 6.07) is 3.19. The van der Waals surface area contributed by atoms with Crippen molar-refractivity contribution in [1.82, 2.24) is 0 Å². The van der Waals surface area contributed by atoms with Crippen LogP contribution in [0.5, 0.6) is 5.75 Å². The van der Waals surface area contributed by atoms with Gasteiger partial charge in [-0.15, -0.1) is 11.3 Å². The molecule has 98 valence electrons. The Morgan fingerprint density at radius 1 is 1.42 bits per heavy atom. The van der Waals surface area contributed by atoms with Crippen LogP contribution in [-0.2, 0) is 0 Å². The number of ketones is 1. The van der Waals surface area contributed by atoms with Crippen LogP contribution in [0.2, 0.25) is 0 Å². The van der Waals surface area contributed by atoms with Crippen molar-refractivity contribution in [2.45, 2.75) is 13.8 Å². The fraction of sp³-hybridized carbons (Fsp3) is 0.143. The van der Waals surface area contributed by atoms with Crippen molar-refractivity contribution in [1.29, 1.82) is 0 Å². The van der Waals surface area contributed by atoms with E-state index in [4.69, 9.17) is 4.42 Å². The molecule has 0 atom stereocenters. The van der Waals surface area contributed by atoms with E-state index in [1.54, 1.807) is 6.08 Å². The molecule has 0 aromatic carbocycles. The Labute approximate surface area is 113 Å². The summed E-state index contributed by atoms with van der Waals surface area (Å²) in [6.45, 7) is 3.46. The van der Waals surface area contributed by atoms with Crippen molar-refractivity contribution in [3.63, 3.8) is 0 Å². The van der Waals surface area contributed by atoms with Gasteiger partial charge in [-0.2, -0.15) is 0 Å². The first-order chi connectivity index (χ1) is 8.99. The maximum Gasteiger partial charge on any atom is 0.351 e. The normalized spacial score (nSPS) is 11.1. The van der Waals surface area contributed by atoms with Gasteiger partial charge in [0, 0.05) is 10.9 Å². The average molecular weight is 276 g/mol. The van der Waals surface area contributed by atoms with Crippen molar-refractivity contribution >= 4 is 23.2 Å². The van der Waals surface area contributed by atoms with Gasteiger partial charge in [0.2, 0.25) is 0 Å². The van der Waals surface area contributed by atoms with E-state index in [1.165, 1.54) is 30.4 Å². The second-order valence-corrected chi connectivity index (χ2v) is 5.02. The van der Waals surface area contributed by atoms with E-state index >= 15 is 0 Å². The standard InChI is InChI=1S/C14H12O4S/c1-8-5-6-19-12(8)4-3-10(15)13-11(16)7-9(2)18-14(13)17/h3-7,16H,1-2H3/b4-3+. The molecule has 0 radical (unpaired) electrons. The number of rotatable bonds is 3. The van der Waals surface area contributed by atoms with Crippen LogP contribution in [0, 0.1) is 13.8 Å². The molecule has 4 nitrogen and oxygen atoms in total. The van der Waals surface area contributed by atoms with Crippen LogP contribution in [-0.4, -0.2) is 10.9 Å². The number of carbonyl (C=O) groups excluding carboxylic acids is 1. The summed E-state index contributed by atoms with van der Waals surface area (Å²) in [7, 11) is 0. The summed E-state index contributed by atoms with van der Waals surface area (Å²) in [5, 5.41) is 11.6. The largest absolute Gasteiger partial charge is 0.507 e. The summed E-state index contributed by atoms with van der Waals surface area (Å²) in [6.07, 6.45) is 2.89. The third kappa shape index (κ3) is 2.82. The van der Waals surface area contributed by atoms with Gasteiger partial charge in [0.1, 0.15) is 17.1 Å². The molecular weight excluding hydrogens is 264 g/mol. The molecule has 19 heavy (non-hydrogen) atoms. The van der Waals surface area contributed by atoms with Gasteiger partial charge in [-0.25, -0.2) is 4.79 Å². The molecule has 0 saturated heterocycles. The van der Waals surface area contributed by atoms with E-state index in [9.17, 15) is 14.7 Å². The monoisotopic (exact) mass is 276 g/mol. The van der Waals surface area contributed by atoms with E-state index < -0.39 is 11.4 Å². The minimum Gasteiger partial charge on any atom is -0.507 e. The Bertz CT molecular complexity index is 706. The first kappa shape index (κ1) is 13.3. The predicted molar refractivity (Wildman–Crippen MR) is 73.8 cm³/mol. The van der Waals surface area contributed by atoms with Gasteiger partial charge in [0.15, 0.2) is 5.78 Å². The van der Waals surface area contributed by atoms with E-state index in [-0.39, 0.29) is 17.1 Å². The van der Waals surface area contributed by atoms with Crippen molar-refractivity contribution in [2.75, 3.05) is 0 Å². The smallest absolute Gasteiger partial charge is 0.351 e. The highest BCUT2D eigenvalue weighted by Gasteiger charge is 2.15. The lowest BCUT2D eigenvalue weighted by Gasteiger charge is -1.99. The highest BCUT2D eigenvalue weighted by atomic mass is 32.1. The van der Waals surface area contributed by atoms with Crippen molar-refractivity contribution in [3.8, 4) is 5.75 Å². The molecule has 0 saturated carbocycles. The van der Waals surface area contributed by atoms with Gasteiger partial charge >= 0.3 is 5.63 Å². The molecule has 0 spiro atoms. The summed E-state index contributed by atoms with van der Waals surface area (Å²) in [5.41, 5.74) is -0.111. The number of carbonyl (C=O) groups is 1. The molecule has 0 aliphatic heterocycles. The van der Waals surface area contributed by atoms with Crippen molar-refractivity contribution < 1.29 is 14.3 Å². The fourth-order valence-electron chi connectivity index (χ4n) is 1.61. The SMILES string of the molecule is Cc1cc(O)c(C(=O)/C=C/c2sccc2C)c(=O)o1. The number of allylic oxidation sites excluding steroid dienone is 1. The zero-order valence-electron chi connectivity index (χ0n) is 10.5. The zero-order chi connectivity index (χ0) is 14.0.